The van der Waals surface area contributed by atoms with Crippen LogP contribution >= 0.6 is 0 Å². The van der Waals surface area contributed by atoms with Gasteiger partial charge in [0.15, 0.2) is 5.82 Å². The number of nitrogens with zero attached hydrogens (tertiary/aromatic N) is 6. The van der Waals surface area contributed by atoms with Crippen LogP contribution in [-0.4, -0.2) is 54.5 Å². The molecule has 0 amide bonds. The maximum atomic E-state index is 15.2. The molecule has 1 saturated heterocycles. The van der Waals surface area contributed by atoms with Crippen molar-refractivity contribution < 1.29 is 4.39 Å². The molecule has 0 atom stereocenters. The minimum Gasteiger partial charge on any atom is -0.345 e. The van der Waals surface area contributed by atoms with Gasteiger partial charge in [-0.1, -0.05) is 0 Å². The Morgan fingerprint density at radius 3 is 2.71 bits per heavy atom. The zero-order chi connectivity index (χ0) is 23.2. The minimum absolute atomic E-state index is 0.312. The van der Waals surface area contributed by atoms with Crippen LogP contribution in [0.15, 0.2) is 49.1 Å². The molecule has 8 nitrogen and oxygen atoms in total. The Hall–Kier alpha value is -3.85. The topological polar surface area (TPSA) is 87.5 Å². The molecule has 5 heterocycles. The van der Waals surface area contributed by atoms with Crippen molar-refractivity contribution in [2.75, 3.05) is 25.5 Å². The van der Waals surface area contributed by atoms with Gasteiger partial charge in [0.2, 0.25) is 5.95 Å². The quantitative estimate of drug-likeness (QED) is 0.403. The molecule has 0 unspecified atom stereocenters. The second-order valence-corrected chi connectivity index (χ2v) is 8.91. The van der Waals surface area contributed by atoms with Crippen molar-refractivity contribution in [3.8, 4) is 11.1 Å². The number of pyridine rings is 1. The number of rotatable bonds is 4. The van der Waals surface area contributed by atoms with Crippen molar-refractivity contribution in [3.63, 3.8) is 0 Å². The summed E-state index contributed by atoms with van der Waals surface area (Å²) in [5.74, 6) is 1.02. The normalized spacial score (nSPS) is 15.4. The van der Waals surface area contributed by atoms with E-state index in [1.807, 2.05) is 31.3 Å². The van der Waals surface area contributed by atoms with Crippen LogP contribution in [0.1, 0.15) is 24.7 Å². The summed E-state index contributed by atoms with van der Waals surface area (Å²) in [6.45, 7) is 4.03. The molecule has 6 rings (SSSR count). The highest BCUT2D eigenvalue weighted by atomic mass is 19.1. The van der Waals surface area contributed by atoms with Gasteiger partial charge in [0, 0.05) is 47.5 Å². The van der Waals surface area contributed by atoms with Crippen LogP contribution in [0, 0.1) is 12.7 Å². The smallest absolute Gasteiger partial charge is 0.229 e. The predicted octanol–water partition coefficient (Wildman–Crippen LogP) is 4.83. The first-order chi connectivity index (χ1) is 16.6. The van der Waals surface area contributed by atoms with Gasteiger partial charge in [-0.3, -0.25) is 4.98 Å². The number of hydrogen-bond acceptors (Lipinski definition) is 6. The SMILES string of the molecule is Cc1nc2c(F)cc(-c3c[nH]c4nc(Nc5ccncc5)ncc34)cc2n1C1CCN(C)CC1. The number of halogens is 1. The van der Waals surface area contributed by atoms with Crippen LogP contribution in [-0.2, 0) is 0 Å². The highest BCUT2D eigenvalue weighted by Gasteiger charge is 2.24. The summed E-state index contributed by atoms with van der Waals surface area (Å²) in [7, 11) is 2.14. The molecule has 172 valence electrons. The standard InChI is InChI=1S/C25H25FN8/c1-15-30-23-21(26)11-16(12-22(23)34(15)18-5-9-33(2)10-6-18)19-13-28-24-20(19)14-29-25(32-24)31-17-3-7-27-8-4-17/h3-4,7-8,11-14,18H,5-6,9-10H2,1-2H3,(H2,27,28,29,31,32). The third-order valence-corrected chi connectivity index (χ3v) is 6.66. The first-order valence-electron chi connectivity index (χ1n) is 11.4. The summed E-state index contributed by atoms with van der Waals surface area (Å²) in [6.07, 6.45) is 9.09. The van der Waals surface area contributed by atoms with Crippen molar-refractivity contribution in [1.82, 2.24) is 34.4 Å². The number of nitrogens with one attached hydrogen (secondary N) is 2. The Kier molecular flexibility index (Phi) is 4.99. The molecule has 0 bridgehead atoms. The van der Waals surface area contributed by atoms with Gasteiger partial charge in [0.05, 0.1) is 5.52 Å². The summed E-state index contributed by atoms with van der Waals surface area (Å²) in [5, 5.41) is 4.01. The van der Waals surface area contributed by atoms with E-state index in [1.54, 1.807) is 24.7 Å². The van der Waals surface area contributed by atoms with E-state index in [2.05, 4.69) is 46.8 Å². The summed E-state index contributed by atoms with van der Waals surface area (Å²) >= 11 is 0. The third kappa shape index (κ3) is 3.58. The highest BCUT2D eigenvalue weighted by Crippen LogP contribution is 2.35. The van der Waals surface area contributed by atoms with Crippen molar-refractivity contribution in [2.24, 2.45) is 0 Å². The van der Waals surface area contributed by atoms with E-state index in [-0.39, 0.29) is 5.82 Å². The molecule has 1 aromatic carbocycles. The zero-order valence-corrected chi connectivity index (χ0v) is 19.1. The van der Waals surface area contributed by atoms with Crippen molar-refractivity contribution in [3.05, 3.63) is 60.7 Å². The highest BCUT2D eigenvalue weighted by molar-refractivity contribution is 5.96. The van der Waals surface area contributed by atoms with Crippen LogP contribution in [0.2, 0.25) is 0 Å². The number of H-pyrrole nitrogens is 1. The fourth-order valence-electron chi connectivity index (χ4n) is 4.91. The molecule has 1 fully saturated rings. The fourth-order valence-corrected chi connectivity index (χ4v) is 4.91. The van der Waals surface area contributed by atoms with E-state index < -0.39 is 0 Å². The number of aryl methyl sites for hydroxylation is 1. The van der Waals surface area contributed by atoms with Crippen LogP contribution in [0.3, 0.4) is 0 Å². The van der Waals surface area contributed by atoms with Gasteiger partial charge < -0.3 is 19.8 Å². The van der Waals surface area contributed by atoms with Gasteiger partial charge in [0.25, 0.3) is 0 Å². The second kappa shape index (κ2) is 8.18. The number of imidazole rings is 1. The van der Waals surface area contributed by atoms with Crippen LogP contribution in [0.25, 0.3) is 33.2 Å². The predicted molar refractivity (Wildman–Crippen MR) is 131 cm³/mol. The Morgan fingerprint density at radius 1 is 1.12 bits per heavy atom. The molecular weight excluding hydrogens is 431 g/mol. The van der Waals surface area contributed by atoms with Gasteiger partial charge in [-0.25, -0.2) is 14.4 Å². The van der Waals surface area contributed by atoms with Gasteiger partial charge in [-0.2, -0.15) is 4.98 Å². The number of hydrogen-bond donors (Lipinski definition) is 2. The van der Waals surface area contributed by atoms with Crippen LogP contribution < -0.4 is 5.32 Å². The molecule has 0 radical (unpaired) electrons. The lowest BCUT2D eigenvalue weighted by Gasteiger charge is -2.30. The van der Waals surface area contributed by atoms with E-state index in [0.717, 1.165) is 59.5 Å². The molecular formula is C25H25FN8. The van der Waals surface area contributed by atoms with Gasteiger partial charge in [-0.15, -0.1) is 0 Å². The van der Waals surface area contributed by atoms with Crippen molar-refractivity contribution >= 4 is 33.7 Å². The Bertz CT molecular complexity index is 1480. The molecule has 9 heteroatoms. The van der Waals surface area contributed by atoms with E-state index >= 15 is 4.39 Å². The van der Waals surface area contributed by atoms with Crippen LogP contribution in [0.5, 0.6) is 0 Å². The largest absolute Gasteiger partial charge is 0.345 e. The van der Waals surface area contributed by atoms with Crippen LogP contribution in [0.4, 0.5) is 16.0 Å². The number of fused-ring (bicyclic) bond motifs is 2. The maximum absolute atomic E-state index is 15.2. The average molecular weight is 457 g/mol. The summed E-state index contributed by atoms with van der Waals surface area (Å²) in [4.78, 5) is 23.2. The van der Waals surface area contributed by atoms with E-state index in [9.17, 15) is 0 Å². The third-order valence-electron chi connectivity index (χ3n) is 6.66. The number of benzene rings is 1. The lowest BCUT2D eigenvalue weighted by Crippen LogP contribution is -2.31. The molecule has 1 aliphatic heterocycles. The van der Waals surface area contributed by atoms with Gasteiger partial charge in [-0.05, 0) is 69.7 Å². The number of likely N-dealkylation sites (tertiary alicyclic amines) is 1. The number of aromatic nitrogens is 6. The lowest BCUT2D eigenvalue weighted by molar-refractivity contribution is 0.222. The van der Waals surface area contributed by atoms with E-state index in [1.165, 1.54) is 0 Å². The van der Waals surface area contributed by atoms with E-state index in [4.69, 9.17) is 0 Å². The fraction of sp³-hybridized carbons (Fsp3) is 0.280. The molecule has 2 N–H and O–H groups in total. The molecule has 0 aliphatic carbocycles. The number of anilines is 2. The molecule has 5 aromatic rings. The summed E-state index contributed by atoms with van der Waals surface area (Å²) < 4.78 is 17.4. The molecule has 4 aromatic heterocycles. The Labute approximate surface area is 195 Å². The molecule has 1 aliphatic rings. The maximum Gasteiger partial charge on any atom is 0.229 e. The van der Waals surface area contributed by atoms with Gasteiger partial charge in [0.1, 0.15) is 17.0 Å². The summed E-state index contributed by atoms with van der Waals surface area (Å²) in [6, 6.07) is 7.62. The van der Waals surface area contributed by atoms with Crippen molar-refractivity contribution in [1.29, 1.82) is 0 Å². The summed E-state index contributed by atoms with van der Waals surface area (Å²) in [5.41, 5.74) is 4.45. The Morgan fingerprint density at radius 2 is 1.91 bits per heavy atom. The minimum atomic E-state index is -0.312. The number of aromatic amines is 1. The lowest BCUT2D eigenvalue weighted by atomic mass is 10.0. The monoisotopic (exact) mass is 456 g/mol. The Balaban J connectivity index is 1.40. The number of piperidine rings is 1. The molecule has 0 spiro atoms. The zero-order valence-electron chi connectivity index (χ0n) is 19.1. The second-order valence-electron chi connectivity index (χ2n) is 8.91. The average Bonchev–Trinajstić information content (AvgIpc) is 3.41. The first-order valence-corrected chi connectivity index (χ1v) is 11.4. The van der Waals surface area contributed by atoms with Gasteiger partial charge >= 0.3 is 0 Å². The van der Waals surface area contributed by atoms with Crippen molar-refractivity contribution in [2.45, 2.75) is 25.8 Å². The molecule has 0 saturated carbocycles. The molecule has 34 heavy (non-hydrogen) atoms. The van der Waals surface area contributed by atoms with E-state index in [0.29, 0.717) is 23.2 Å². The first kappa shape index (κ1) is 20.7.